The molecule has 0 bridgehead atoms. The third kappa shape index (κ3) is 3.72. The molecule has 92 valence electrons. The summed E-state index contributed by atoms with van der Waals surface area (Å²) in [7, 11) is 1.43. The molecule has 0 atom stereocenters. The number of nitrogens with zero attached hydrogens (tertiary/aromatic N) is 2. The fourth-order valence-corrected chi connectivity index (χ4v) is 1.37. The van der Waals surface area contributed by atoms with Crippen LogP contribution in [0.25, 0.3) is 0 Å². The molecule has 9 heteroatoms. The van der Waals surface area contributed by atoms with Crippen LogP contribution in [0.1, 0.15) is 5.69 Å². The molecule has 4 N–H and O–H groups in total. The van der Waals surface area contributed by atoms with Crippen LogP contribution in [0.15, 0.2) is 10.5 Å². The van der Waals surface area contributed by atoms with Crippen molar-refractivity contribution in [1.29, 1.82) is 0 Å². The molecule has 0 saturated heterocycles. The van der Waals surface area contributed by atoms with Gasteiger partial charge in [0.2, 0.25) is 5.71 Å². The lowest BCUT2D eigenvalue weighted by molar-refractivity contribution is -0.130. The number of amides is 1. The molecule has 1 heterocycles. The minimum atomic E-state index is -1.31. The van der Waals surface area contributed by atoms with Crippen molar-refractivity contribution in [3.63, 3.8) is 0 Å². The molecule has 1 aromatic rings. The highest BCUT2D eigenvalue weighted by molar-refractivity contribution is 7.13. The summed E-state index contributed by atoms with van der Waals surface area (Å²) in [5.41, 5.74) is 5.06. The summed E-state index contributed by atoms with van der Waals surface area (Å²) in [5.74, 6) is -1.73. The molecule has 1 aromatic heterocycles. The Morgan fingerprint density at radius 1 is 1.71 bits per heavy atom. The first-order valence-electron chi connectivity index (χ1n) is 4.39. The topological polar surface area (TPSA) is 127 Å². The van der Waals surface area contributed by atoms with E-state index < -0.39 is 17.6 Å². The number of carbonyl (C=O) groups excluding carboxylic acids is 1. The van der Waals surface area contributed by atoms with Gasteiger partial charge in [-0.25, -0.2) is 9.78 Å². The number of rotatable bonds is 5. The zero-order valence-corrected chi connectivity index (χ0v) is 9.65. The van der Waals surface area contributed by atoms with Gasteiger partial charge in [0.25, 0.3) is 5.91 Å². The van der Waals surface area contributed by atoms with Crippen LogP contribution >= 0.6 is 11.3 Å². The van der Waals surface area contributed by atoms with E-state index in [0.29, 0.717) is 0 Å². The highest BCUT2D eigenvalue weighted by Crippen LogP contribution is 2.12. The molecule has 0 aliphatic rings. The van der Waals surface area contributed by atoms with E-state index in [1.807, 2.05) is 0 Å². The number of oxime groups is 1. The normalized spacial score (nSPS) is 11.0. The van der Waals surface area contributed by atoms with Crippen LogP contribution in [0, 0.1) is 0 Å². The quantitative estimate of drug-likeness (QED) is 0.472. The number of nitrogens with one attached hydrogen (secondary N) is 1. The Labute approximate surface area is 100 Å². The third-order valence-corrected chi connectivity index (χ3v) is 2.27. The molecule has 17 heavy (non-hydrogen) atoms. The monoisotopic (exact) mass is 258 g/mol. The van der Waals surface area contributed by atoms with Crippen LogP contribution in [-0.4, -0.2) is 41.3 Å². The van der Waals surface area contributed by atoms with E-state index in [2.05, 4.69) is 20.3 Å². The second kappa shape index (κ2) is 5.80. The van der Waals surface area contributed by atoms with Gasteiger partial charge in [-0.05, 0) is 0 Å². The Hall–Kier alpha value is -2.16. The Morgan fingerprint density at radius 2 is 2.41 bits per heavy atom. The molecule has 0 unspecified atom stereocenters. The van der Waals surface area contributed by atoms with E-state index in [1.165, 1.54) is 12.4 Å². The molecule has 0 fully saturated rings. The summed E-state index contributed by atoms with van der Waals surface area (Å²) >= 11 is 1.08. The average molecular weight is 258 g/mol. The van der Waals surface area contributed by atoms with Gasteiger partial charge >= 0.3 is 5.97 Å². The van der Waals surface area contributed by atoms with Gasteiger partial charge in [0.1, 0.15) is 5.69 Å². The van der Waals surface area contributed by atoms with E-state index in [1.54, 1.807) is 0 Å². The lowest BCUT2D eigenvalue weighted by Gasteiger charge is -1.99. The maximum atomic E-state index is 10.9. The number of nitrogens with two attached hydrogens (primary N) is 1. The maximum absolute atomic E-state index is 10.9. The van der Waals surface area contributed by atoms with Crippen LogP contribution in [0.3, 0.4) is 0 Å². The van der Waals surface area contributed by atoms with Gasteiger partial charge in [-0.15, -0.1) is 11.3 Å². The number of likely N-dealkylation sites (N-methyl/N-ethyl adjacent to an activating group) is 1. The summed E-state index contributed by atoms with van der Waals surface area (Å²) in [6.45, 7) is -0.368. The number of hydrogen-bond donors (Lipinski definition) is 3. The van der Waals surface area contributed by atoms with Crippen LogP contribution in [0.2, 0.25) is 0 Å². The zero-order chi connectivity index (χ0) is 12.8. The van der Waals surface area contributed by atoms with E-state index in [4.69, 9.17) is 10.8 Å². The summed E-state index contributed by atoms with van der Waals surface area (Å²) < 4.78 is 0. The number of nitrogen functional groups attached to an aromatic ring is 1. The minimum Gasteiger partial charge on any atom is -0.476 e. The fourth-order valence-electron chi connectivity index (χ4n) is 0.819. The summed E-state index contributed by atoms with van der Waals surface area (Å²) in [6, 6.07) is 0. The molecular weight excluding hydrogens is 248 g/mol. The lowest BCUT2D eigenvalue weighted by Crippen LogP contribution is -2.23. The van der Waals surface area contributed by atoms with Crippen LogP contribution in [0.5, 0.6) is 0 Å². The molecule has 0 radical (unpaired) electrons. The van der Waals surface area contributed by atoms with Crippen molar-refractivity contribution < 1.29 is 19.5 Å². The largest absolute Gasteiger partial charge is 0.476 e. The van der Waals surface area contributed by atoms with Crippen LogP contribution < -0.4 is 11.1 Å². The first-order chi connectivity index (χ1) is 8.04. The Bertz CT molecular complexity index is 456. The van der Waals surface area contributed by atoms with Crippen molar-refractivity contribution >= 4 is 34.1 Å². The van der Waals surface area contributed by atoms with E-state index in [9.17, 15) is 9.59 Å². The molecule has 0 aromatic carbocycles. The predicted octanol–water partition coefficient (Wildman–Crippen LogP) is -0.723. The number of carbonyl (C=O) groups is 2. The Morgan fingerprint density at radius 3 is 2.88 bits per heavy atom. The lowest BCUT2D eigenvalue weighted by atomic mass is 10.3. The Kier molecular flexibility index (Phi) is 4.40. The molecule has 1 rings (SSSR count). The minimum absolute atomic E-state index is 0.0944. The number of carboxylic acids is 1. The van der Waals surface area contributed by atoms with Gasteiger partial charge in [0.15, 0.2) is 11.7 Å². The van der Waals surface area contributed by atoms with Crippen molar-refractivity contribution in [2.45, 2.75) is 0 Å². The fraction of sp³-hybridized carbons (Fsp3) is 0.250. The average Bonchev–Trinajstić information content (AvgIpc) is 2.70. The molecule has 0 aliphatic carbocycles. The Balaban J connectivity index is 2.76. The van der Waals surface area contributed by atoms with E-state index >= 15 is 0 Å². The van der Waals surface area contributed by atoms with Crippen molar-refractivity contribution in [3.05, 3.63) is 11.1 Å². The summed E-state index contributed by atoms with van der Waals surface area (Å²) in [6.07, 6.45) is 0. The molecule has 0 aliphatic heterocycles. The van der Waals surface area contributed by atoms with Crippen molar-refractivity contribution in [2.75, 3.05) is 19.4 Å². The first kappa shape index (κ1) is 12.9. The number of aromatic nitrogens is 1. The van der Waals surface area contributed by atoms with Gasteiger partial charge in [-0.2, -0.15) is 0 Å². The van der Waals surface area contributed by atoms with Gasteiger partial charge in [0.05, 0.1) is 0 Å². The van der Waals surface area contributed by atoms with Gasteiger partial charge in [-0.3, -0.25) is 4.79 Å². The van der Waals surface area contributed by atoms with Gasteiger partial charge in [-0.1, -0.05) is 5.16 Å². The van der Waals surface area contributed by atoms with Crippen molar-refractivity contribution in [2.24, 2.45) is 5.16 Å². The molecular formula is C8H10N4O4S. The number of carboxylic acid groups (broad SMARTS) is 1. The van der Waals surface area contributed by atoms with Gasteiger partial charge in [0, 0.05) is 12.4 Å². The zero-order valence-electron chi connectivity index (χ0n) is 8.84. The molecule has 0 saturated carbocycles. The summed E-state index contributed by atoms with van der Waals surface area (Å²) in [4.78, 5) is 30.0. The number of hydrogen-bond acceptors (Lipinski definition) is 7. The van der Waals surface area contributed by atoms with Gasteiger partial charge < -0.3 is 21.0 Å². The third-order valence-electron chi connectivity index (χ3n) is 1.60. The molecule has 1 amide bonds. The van der Waals surface area contributed by atoms with Crippen LogP contribution in [0.4, 0.5) is 5.13 Å². The second-order valence-electron chi connectivity index (χ2n) is 2.76. The smallest absolute Gasteiger partial charge is 0.360 e. The SMILES string of the molecule is CNC(=O)CO/N=C(\C(=O)O)c1csc(N)n1. The van der Waals surface area contributed by atoms with Crippen LogP contribution in [-0.2, 0) is 14.4 Å². The standard InChI is InChI=1S/C8H10N4O4S/c1-10-5(13)2-16-12-6(7(14)15)4-3-17-8(9)11-4/h3H,2H2,1H3,(H2,9,11)(H,10,13)(H,14,15)/b12-6-. The number of aliphatic carboxylic acids is 1. The molecule has 0 spiro atoms. The highest BCUT2D eigenvalue weighted by Gasteiger charge is 2.17. The highest BCUT2D eigenvalue weighted by atomic mass is 32.1. The predicted molar refractivity (Wildman–Crippen MR) is 60.7 cm³/mol. The van der Waals surface area contributed by atoms with E-state index in [-0.39, 0.29) is 17.4 Å². The number of anilines is 1. The molecule has 8 nitrogen and oxygen atoms in total. The van der Waals surface area contributed by atoms with E-state index in [0.717, 1.165) is 11.3 Å². The first-order valence-corrected chi connectivity index (χ1v) is 5.27. The maximum Gasteiger partial charge on any atom is 0.360 e. The second-order valence-corrected chi connectivity index (χ2v) is 3.65. The summed E-state index contributed by atoms with van der Waals surface area (Å²) in [5, 5.41) is 16.2. The van der Waals surface area contributed by atoms with Crippen molar-refractivity contribution in [3.8, 4) is 0 Å². The number of thiazole rings is 1. The van der Waals surface area contributed by atoms with Crippen molar-refractivity contribution in [1.82, 2.24) is 10.3 Å².